The van der Waals surface area contributed by atoms with Crippen LogP contribution in [-0.2, 0) is 11.2 Å². The van der Waals surface area contributed by atoms with Gasteiger partial charge < -0.3 is 19.9 Å². The van der Waals surface area contributed by atoms with Gasteiger partial charge in [0.05, 0.1) is 18.7 Å². The molecule has 0 aliphatic carbocycles. The Hall–Kier alpha value is -2.52. The number of nitrogens with zero attached hydrogens (tertiary/aromatic N) is 2. The van der Waals surface area contributed by atoms with Crippen LogP contribution in [0.3, 0.4) is 0 Å². The summed E-state index contributed by atoms with van der Waals surface area (Å²) in [5.74, 6) is 0.848. The summed E-state index contributed by atoms with van der Waals surface area (Å²) in [5.41, 5.74) is 2.10. The lowest BCUT2D eigenvalue weighted by atomic mass is 10.0. The first kappa shape index (κ1) is 18.3. The average molecular weight is 354 g/mol. The monoisotopic (exact) mass is 354 g/mol. The molecule has 0 unspecified atom stereocenters. The maximum atomic E-state index is 12.9. The summed E-state index contributed by atoms with van der Waals surface area (Å²) in [7, 11) is 1.80. The van der Waals surface area contributed by atoms with E-state index in [4.69, 9.17) is 4.74 Å². The molecule has 138 valence electrons. The fraction of sp³-hybridized carbons (Fsp3) is 0.500. The average Bonchev–Trinajstić information content (AvgIpc) is 3.30. The molecule has 2 heterocycles. The SMILES string of the molecule is CCCOc1ccc2[nH]cc(C[C@H](NC)C(=O)N3CCC[C@H]3C#N)c2c1. The van der Waals surface area contributed by atoms with E-state index in [1.165, 1.54) is 0 Å². The molecule has 3 rings (SSSR count). The number of fused-ring (bicyclic) bond motifs is 1. The maximum absolute atomic E-state index is 12.9. The number of likely N-dealkylation sites (tertiary alicyclic amines) is 1. The van der Waals surface area contributed by atoms with Crippen LogP contribution in [0.15, 0.2) is 24.4 Å². The summed E-state index contributed by atoms with van der Waals surface area (Å²) in [4.78, 5) is 17.9. The molecule has 6 heteroatoms. The summed E-state index contributed by atoms with van der Waals surface area (Å²) in [6.07, 6.45) is 5.15. The Morgan fingerprint density at radius 1 is 1.54 bits per heavy atom. The maximum Gasteiger partial charge on any atom is 0.241 e. The topological polar surface area (TPSA) is 81.2 Å². The second-order valence-electron chi connectivity index (χ2n) is 6.73. The van der Waals surface area contributed by atoms with E-state index >= 15 is 0 Å². The van der Waals surface area contributed by atoms with Gasteiger partial charge in [0.25, 0.3) is 0 Å². The van der Waals surface area contributed by atoms with Crippen LogP contribution in [0.25, 0.3) is 10.9 Å². The van der Waals surface area contributed by atoms with Crippen LogP contribution in [0.5, 0.6) is 5.75 Å². The smallest absolute Gasteiger partial charge is 0.241 e. The van der Waals surface area contributed by atoms with Crippen molar-refractivity contribution in [3.63, 3.8) is 0 Å². The highest BCUT2D eigenvalue weighted by molar-refractivity contribution is 5.87. The van der Waals surface area contributed by atoms with Crippen molar-refractivity contribution in [2.75, 3.05) is 20.2 Å². The molecule has 2 aromatic rings. The van der Waals surface area contributed by atoms with Gasteiger partial charge in [0.2, 0.25) is 5.91 Å². The van der Waals surface area contributed by atoms with E-state index in [0.29, 0.717) is 19.6 Å². The highest BCUT2D eigenvalue weighted by Gasteiger charge is 2.32. The molecule has 1 fully saturated rings. The van der Waals surface area contributed by atoms with Crippen LogP contribution in [0, 0.1) is 11.3 Å². The van der Waals surface area contributed by atoms with E-state index < -0.39 is 0 Å². The van der Waals surface area contributed by atoms with Gasteiger partial charge in [0.1, 0.15) is 11.8 Å². The number of rotatable bonds is 7. The largest absolute Gasteiger partial charge is 0.494 e. The summed E-state index contributed by atoms with van der Waals surface area (Å²) < 4.78 is 5.74. The number of nitriles is 1. The van der Waals surface area contributed by atoms with E-state index in [9.17, 15) is 10.1 Å². The standard InChI is InChI=1S/C20H26N4O2/c1-3-9-26-16-6-7-18-17(11-16)14(13-23-18)10-19(22-2)20(25)24-8-4-5-15(24)12-21/h6-7,11,13,15,19,22-23H,3-5,8-10H2,1-2H3/t15-,19-/m0/s1. The fourth-order valence-corrected chi connectivity index (χ4v) is 3.53. The van der Waals surface area contributed by atoms with Gasteiger partial charge in [-0.3, -0.25) is 4.79 Å². The Morgan fingerprint density at radius 3 is 3.12 bits per heavy atom. The molecule has 0 radical (unpaired) electrons. The van der Waals surface area contributed by atoms with Crippen LogP contribution < -0.4 is 10.1 Å². The number of carbonyl (C=O) groups is 1. The van der Waals surface area contributed by atoms with E-state index in [1.54, 1.807) is 11.9 Å². The van der Waals surface area contributed by atoms with Crippen LogP contribution in [0.4, 0.5) is 0 Å². The van der Waals surface area contributed by atoms with E-state index in [0.717, 1.165) is 41.5 Å². The zero-order valence-corrected chi connectivity index (χ0v) is 15.4. The van der Waals surface area contributed by atoms with Gasteiger partial charge in [-0.2, -0.15) is 5.26 Å². The Balaban J connectivity index is 1.79. The van der Waals surface area contributed by atoms with Crippen molar-refractivity contribution in [3.05, 3.63) is 30.0 Å². The number of aromatic nitrogens is 1. The molecule has 2 N–H and O–H groups in total. The van der Waals surface area contributed by atoms with Gasteiger partial charge in [-0.15, -0.1) is 0 Å². The number of benzene rings is 1. The minimum Gasteiger partial charge on any atom is -0.494 e. The van der Waals surface area contributed by atoms with Crippen molar-refractivity contribution in [1.82, 2.24) is 15.2 Å². The minimum atomic E-state index is -0.344. The lowest BCUT2D eigenvalue weighted by Gasteiger charge is -2.25. The second-order valence-corrected chi connectivity index (χ2v) is 6.73. The minimum absolute atomic E-state index is 0.00397. The highest BCUT2D eigenvalue weighted by Crippen LogP contribution is 2.26. The first-order chi connectivity index (χ1) is 12.7. The van der Waals surface area contributed by atoms with Crippen molar-refractivity contribution in [1.29, 1.82) is 5.26 Å². The lowest BCUT2D eigenvalue weighted by Crippen LogP contribution is -2.48. The number of nitrogens with one attached hydrogen (secondary N) is 2. The molecule has 26 heavy (non-hydrogen) atoms. The number of ether oxygens (including phenoxy) is 1. The third kappa shape index (κ3) is 3.68. The Kier molecular flexibility index (Phi) is 5.79. The molecule has 1 aliphatic rings. The molecule has 1 amide bonds. The van der Waals surface area contributed by atoms with Crippen LogP contribution >= 0.6 is 0 Å². The number of carbonyl (C=O) groups excluding carboxylic acids is 1. The summed E-state index contributed by atoms with van der Waals surface area (Å²) in [6, 6.07) is 7.60. The Bertz CT molecular complexity index is 808. The highest BCUT2D eigenvalue weighted by atomic mass is 16.5. The summed E-state index contributed by atoms with van der Waals surface area (Å²) in [5, 5.41) is 13.5. The number of hydrogen-bond acceptors (Lipinski definition) is 4. The van der Waals surface area contributed by atoms with Gasteiger partial charge in [-0.05, 0) is 56.5 Å². The van der Waals surface area contributed by atoms with Gasteiger partial charge in [0.15, 0.2) is 0 Å². The normalized spacial score (nSPS) is 18.0. The van der Waals surface area contributed by atoms with Gasteiger partial charge >= 0.3 is 0 Å². The van der Waals surface area contributed by atoms with E-state index in [-0.39, 0.29) is 18.0 Å². The van der Waals surface area contributed by atoms with Crippen molar-refractivity contribution < 1.29 is 9.53 Å². The first-order valence-corrected chi connectivity index (χ1v) is 9.28. The molecular weight excluding hydrogens is 328 g/mol. The third-order valence-corrected chi connectivity index (χ3v) is 4.97. The number of likely N-dealkylation sites (N-methyl/N-ethyl adjacent to an activating group) is 1. The van der Waals surface area contributed by atoms with Crippen molar-refractivity contribution in [2.24, 2.45) is 0 Å². The predicted octanol–water partition coefficient (Wildman–Crippen LogP) is 2.60. The van der Waals surface area contributed by atoms with Crippen molar-refractivity contribution >= 4 is 16.8 Å². The zero-order valence-electron chi connectivity index (χ0n) is 15.4. The number of hydrogen-bond donors (Lipinski definition) is 2. The Morgan fingerprint density at radius 2 is 2.38 bits per heavy atom. The molecule has 1 aromatic carbocycles. The quantitative estimate of drug-likeness (QED) is 0.801. The number of H-pyrrole nitrogens is 1. The van der Waals surface area contributed by atoms with Crippen LogP contribution in [0.2, 0.25) is 0 Å². The molecule has 0 spiro atoms. The van der Waals surface area contributed by atoms with Crippen molar-refractivity contribution in [3.8, 4) is 11.8 Å². The number of amides is 1. The molecule has 1 aromatic heterocycles. The van der Waals surface area contributed by atoms with E-state index in [2.05, 4.69) is 23.3 Å². The molecule has 6 nitrogen and oxygen atoms in total. The first-order valence-electron chi connectivity index (χ1n) is 9.28. The Labute approximate surface area is 154 Å². The zero-order chi connectivity index (χ0) is 18.5. The molecule has 0 bridgehead atoms. The molecule has 1 aliphatic heterocycles. The van der Waals surface area contributed by atoms with E-state index in [1.807, 2.05) is 24.4 Å². The van der Waals surface area contributed by atoms with Crippen LogP contribution in [0.1, 0.15) is 31.7 Å². The number of aromatic amines is 1. The second kappa shape index (κ2) is 8.24. The summed E-state index contributed by atoms with van der Waals surface area (Å²) >= 11 is 0. The summed E-state index contributed by atoms with van der Waals surface area (Å²) in [6.45, 7) is 3.43. The third-order valence-electron chi connectivity index (χ3n) is 4.97. The lowest BCUT2D eigenvalue weighted by molar-refractivity contribution is -0.133. The predicted molar refractivity (Wildman–Crippen MR) is 101 cm³/mol. The van der Waals surface area contributed by atoms with Gasteiger partial charge in [0, 0.05) is 23.6 Å². The van der Waals surface area contributed by atoms with Gasteiger partial charge in [-0.1, -0.05) is 6.92 Å². The van der Waals surface area contributed by atoms with Crippen LogP contribution in [-0.4, -0.2) is 48.1 Å². The van der Waals surface area contributed by atoms with Gasteiger partial charge in [-0.25, -0.2) is 0 Å². The molecule has 2 atom stereocenters. The molecule has 1 saturated heterocycles. The molecule has 0 saturated carbocycles. The molecular formula is C20H26N4O2. The fourth-order valence-electron chi connectivity index (χ4n) is 3.53. The van der Waals surface area contributed by atoms with Crippen molar-refractivity contribution in [2.45, 2.75) is 44.7 Å².